The van der Waals surface area contributed by atoms with Crippen molar-refractivity contribution in [1.82, 2.24) is 0 Å². The summed E-state index contributed by atoms with van der Waals surface area (Å²) in [4.78, 5) is 0. The molecule has 0 bridgehead atoms. The summed E-state index contributed by atoms with van der Waals surface area (Å²) in [6.45, 7) is 6.60. The molecule has 0 saturated carbocycles. The third-order valence-electron chi connectivity index (χ3n) is 2.86. The van der Waals surface area contributed by atoms with Crippen molar-refractivity contribution in [2.45, 2.75) is 31.6 Å². The summed E-state index contributed by atoms with van der Waals surface area (Å²) in [6, 6.07) is 12.2. The molecule has 2 rings (SSSR count). The molecule has 0 saturated heterocycles. The molecule has 1 unspecified atom stereocenters. The summed E-state index contributed by atoms with van der Waals surface area (Å²) in [5, 5.41) is -0.209. The minimum atomic E-state index is -0.209. The number of rotatable bonds is 2. The van der Waals surface area contributed by atoms with Gasteiger partial charge in [0.2, 0.25) is 0 Å². The summed E-state index contributed by atoms with van der Waals surface area (Å²) >= 11 is 6.35. The standard InChI is InChI=1S/C15H17ClO/c1-15(2,3)12-8-6-11(7-9-12)14(16)13-5-4-10-17-13/h4-10,14H,1-3H3. The van der Waals surface area contributed by atoms with Crippen molar-refractivity contribution in [3.63, 3.8) is 0 Å². The van der Waals surface area contributed by atoms with Crippen LogP contribution in [0.1, 0.15) is 43.0 Å². The molecule has 0 N–H and O–H groups in total. The fourth-order valence-corrected chi connectivity index (χ4v) is 2.02. The highest BCUT2D eigenvalue weighted by molar-refractivity contribution is 6.22. The minimum absolute atomic E-state index is 0.172. The fourth-order valence-electron chi connectivity index (χ4n) is 1.75. The average molecular weight is 249 g/mol. The number of furan rings is 1. The Morgan fingerprint density at radius 1 is 1.06 bits per heavy atom. The molecular formula is C15H17ClO. The van der Waals surface area contributed by atoms with Crippen LogP contribution in [-0.4, -0.2) is 0 Å². The van der Waals surface area contributed by atoms with Gasteiger partial charge in [-0.15, -0.1) is 11.6 Å². The van der Waals surface area contributed by atoms with E-state index in [2.05, 4.69) is 45.0 Å². The first-order valence-corrected chi connectivity index (χ1v) is 6.20. The fraction of sp³-hybridized carbons (Fsp3) is 0.333. The van der Waals surface area contributed by atoms with Crippen molar-refractivity contribution in [2.24, 2.45) is 0 Å². The zero-order valence-electron chi connectivity index (χ0n) is 10.4. The molecule has 0 amide bonds. The molecule has 0 radical (unpaired) electrons. The molecule has 2 heteroatoms. The van der Waals surface area contributed by atoms with Gasteiger partial charge in [0.1, 0.15) is 11.1 Å². The Hall–Kier alpha value is -1.21. The normalized spacial score (nSPS) is 13.6. The smallest absolute Gasteiger partial charge is 0.126 e. The second kappa shape index (κ2) is 4.58. The van der Waals surface area contributed by atoms with E-state index in [0.717, 1.165) is 11.3 Å². The lowest BCUT2D eigenvalue weighted by atomic mass is 9.86. The van der Waals surface area contributed by atoms with Crippen molar-refractivity contribution in [1.29, 1.82) is 0 Å². The molecule has 0 spiro atoms. The molecule has 1 nitrogen and oxygen atoms in total. The van der Waals surface area contributed by atoms with Gasteiger partial charge in [-0.1, -0.05) is 45.0 Å². The number of benzene rings is 1. The molecule has 0 aliphatic carbocycles. The van der Waals surface area contributed by atoms with Crippen molar-refractivity contribution in [2.75, 3.05) is 0 Å². The van der Waals surface area contributed by atoms with Crippen LogP contribution in [0.25, 0.3) is 0 Å². The molecule has 1 atom stereocenters. The lowest BCUT2D eigenvalue weighted by Gasteiger charge is -2.19. The van der Waals surface area contributed by atoms with Crippen LogP contribution in [0.5, 0.6) is 0 Å². The highest BCUT2D eigenvalue weighted by Gasteiger charge is 2.16. The summed E-state index contributed by atoms with van der Waals surface area (Å²) in [5.74, 6) is 0.787. The van der Waals surface area contributed by atoms with Gasteiger partial charge in [-0.25, -0.2) is 0 Å². The molecule has 2 aromatic rings. The van der Waals surface area contributed by atoms with Gasteiger partial charge >= 0.3 is 0 Å². The maximum Gasteiger partial charge on any atom is 0.126 e. The van der Waals surface area contributed by atoms with Crippen molar-refractivity contribution in [3.05, 3.63) is 59.5 Å². The molecule has 0 aliphatic heterocycles. The van der Waals surface area contributed by atoms with E-state index in [9.17, 15) is 0 Å². The summed E-state index contributed by atoms with van der Waals surface area (Å²) in [5.41, 5.74) is 2.55. The summed E-state index contributed by atoms with van der Waals surface area (Å²) in [6.07, 6.45) is 1.65. The molecule has 0 fully saturated rings. The highest BCUT2D eigenvalue weighted by Crippen LogP contribution is 2.30. The second-order valence-corrected chi connectivity index (χ2v) is 5.69. The number of alkyl halides is 1. The first kappa shape index (κ1) is 12.3. The molecular weight excluding hydrogens is 232 g/mol. The molecule has 0 aliphatic rings. The first-order valence-electron chi connectivity index (χ1n) is 5.76. The largest absolute Gasteiger partial charge is 0.467 e. The van der Waals surface area contributed by atoms with Gasteiger partial charge in [0.15, 0.2) is 0 Å². The van der Waals surface area contributed by atoms with Gasteiger partial charge in [0.25, 0.3) is 0 Å². The Kier molecular flexibility index (Phi) is 3.30. The lowest BCUT2D eigenvalue weighted by molar-refractivity contribution is 0.516. The Morgan fingerprint density at radius 3 is 2.18 bits per heavy atom. The topological polar surface area (TPSA) is 13.1 Å². The third kappa shape index (κ3) is 2.73. The van der Waals surface area contributed by atoms with Gasteiger partial charge in [-0.05, 0) is 28.7 Å². The average Bonchev–Trinajstić information content (AvgIpc) is 2.80. The van der Waals surface area contributed by atoms with Gasteiger partial charge in [-0.2, -0.15) is 0 Å². The van der Waals surface area contributed by atoms with E-state index in [4.69, 9.17) is 16.0 Å². The van der Waals surface area contributed by atoms with Crippen LogP contribution in [0.2, 0.25) is 0 Å². The van der Waals surface area contributed by atoms with E-state index in [1.165, 1.54) is 5.56 Å². The van der Waals surface area contributed by atoms with E-state index in [1.54, 1.807) is 6.26 Å². The lowest BCUT2D eigenvalue weighted by Crippen LogP contribution is -2.10. The Bertz CT molecular complexity index is 463. The first-order chi connectivity index (χ1) is 7.98. The molecule has 1 aromatic carbocycles. The van der Waals surface area contributed by atoms with Gasteiger partial charge in [0.05, 0.1) is 6.26 Å². The number of hydrogen-bond donors (Lipinski definition) is 0. The van der Waals surface area contributed by atoms with E-state index < -0.39 is 0 Å². The summed E-state index contributed by atoms with van der Waals surface area (Å²) in [7, 11) is 0. The number of hydrogen-bond acceptors (Lipinski definition) is 1. The van der Waals surface area contributed by atoms with E-state index >= 15 is 0 Å². The molecule has 1 heterocycles. The predicted molar refractivity (Wildman–Crippen MR) is 71.5 cm³/mol. The van der Waals surface area contributed by atoms with Crippen LogP contribution < -0.4 is 0 Å². The third-order valence-corrected chi connectivity index (χ3v) is 3.33. The van der Waals surface area contributed by atoms with Crippen molar-refractivity contribution >= 4 is 11.6 Å². The van der Waals surface area contributed by atoms with Crippen LogP contribution in [-0.2, 0) is 5.41 Å². The maximum absolute atomic E-state index is 6.35. The van der Waals surface area contributed by atoms with Crippen LogP contribution in [0.4, 0.5) is 0 Å². The maximum atomic E-state index is 6.35. The SMILES string of the molecule is CC(C)(C)c1ccc(C(Cl)c2ccco2)cc1. The van der Waals surface area contributed by atoms with Gasteiger partial charge in [-0.3, -0.25) is 0 Å². The zero-order chi connectivity index (χ0) is 12.5. The monoisotopic (exact) mass is 248 g/mol. The zero-order valence-corrected chi connectivity index (χ0v) is 11.2. The highest BCUT2D eigenvalue weighted by atomic mass is 35.5. The Morgan fingerprint density at radius 2 is 1.71 bits per heavy atom. The van der Waals surface area contributed by atoms with Crippen LogP contribution >= 0.6 is 11.6 Å². The van der Waals surface area contributed by atoms with Crippen molar-refractivity contribution in [3.8, 4) is 0 Å². The minimum Gasteiger partial charge on any atom is -0.467 e. The Balaban J connectivity index is 2.24. The molecule has 17 heavy (non-hydrogen) atoms. The number of halogens is 1. The van der Waals surface area contributed by atoms with Gasteiger partial charge < -0.3 is 4.42 Å². The molecule has 1 aromatic heterocycles. The summed E-state index contributed by atoms with van der Waals surface area (Å²) < 4.78 is 5.32. The van der Waals surface area contributed by atoms with Crippen LogP contribution in [0.15, 0.2) is 47.1 Å². The van der Waals surface area contributed by atoms with Crippen molar-refractivity contribution < 1.29 is 4.42 Å². The quantitative estimate of drug-likeness (QED) is 0.689. The van der Waals surface area contributed by atoms with E-state index in [0.29, 0.717) is 0 Å². The molecule has 90 valence electrons. The Labute approximate surface area is 107 Å². The predicted octanol–water partition coefficient (Wildman–Crippen LogP) is 4.91. The second-order valence-electron chi connectivity index (χ2n) is 5.25. The van der Waals surface area contributed by atoms with Crippen LogP contribution in [0.3, 0.4) is 0 Å². The van der Waals surface area contributed by atoms with E-state index in [1.807, 2.05) is 12.1 Å². The van der Waals surface area contributed by atoms with Gasteiger partial charge in [0, 0.05) is 0 Å². The van der Waals surface area contributed by atoms with Crippen LogP contribution in [0, 0.1) is 0 Å². The van der Waals surface area contributed by atoms with E-state index in [-0.39, 0.29) is 10.8 Å².